The third-order valence-electron chi connectivity index (χ3n) is 5.62. The molecule has 1 fully saturated rings. The maximum Gasteiger partial charge on any atom is 0.264 e. The Morgan fingerprint density at radius 3 is 2.31 bits per heavy atom. The van der Waals surface area contributed by atoms with Crippen LogP contribution in [0, 0.1) is 13.8 Å². The largest absolute Gasteiger partial charge is 0.345 e. The van der Waals surface area contributed by atoms with Crippen LogP contribution in [0.25, 0.3) is 11.1 Å². The van der Waals surface area contributed by atoms with Crippen LogP contribution in [0.2, 0.25) is 10.0 Å². The van der Waals surface area contributed by atoms with Crippen LogP contribution in [0.4, 0.5) is 11.5 Å². The summed E-state index contributed by atoms with van der Waals surface area (Å²) in [5.41, 5.74) is 3.26. The van der Waals surface area contributed by atoms with Crippen LogP contribution in [-0.2, 0) is 17.1 Å². The van der Waals surface area contributed by atoms with Crippen molar-refractivity contribution in [3.05, 3.63) is 51.9 Å². The van der Waals surface area contributed by atoms with E-state index in [-0.39, 0.29) is 14.9 Å². The van der Waals surface area contributed by atoms with Crippen molar-refractivity contribution in [1.29, 1.82) is 0 Å². The highest BCUT2D eigenvalue weighted by Gasteiger charge is 2.26. The third kappa shape index (κ3) is 4.43. The fourth-order valence-electron chi connectivity index (χ4n) is 3.84. The smallest absolute Gasteiger partial charge is 0.264 e. The van der Waals surface area contributed by atoms with Gasteiger partial charge in [0.25, 0.3) is 10.0 Å². The highest BCUT2D eigenvalue weighted by molar-refractivity contribution is 7.93. The highest BCUT2D eigenvalue weighted by Crippen LogP contribution is 2.37. The van der Waals surface area contributed by atoms with Gasteiger partial charge in [-0.25, -0.2) is 13.4 Å². The first-order valence-electron chi connectivity index (χ1n) is 10.2. The molecule has 0 saturated carbocycles. The molecule has 32 heavy (non-hydrogen) atoms. The summed E-state index contributed by atoms with van der Waals surface area (Å²) in [6.07, 6.45) is 1.74. The van der Waals surface area contributed by atoms with Crippen molar-refractivity contribution < 1.29 is 13.7 Å². The Hall–Kier alpha value is -2.33. The molecule has 0 aliphatic carbocycles. The zero-order valence-corrected chi connectivity index (χ0v) is 20.4. The van der Waals surface area contributed by atoms with Gasteiger partial charge >= 0.3 is 0 Å². The molecule has 0 spiro atoms. The molecule has 1 aliphatic heterocycles. The second kappa shape index (κ2) is 8.90. The van der Waals surface area contributed by atoms with Gasteiger partial charge in [0.15, 0.2) is 0 Å². The average Bonchev–Trinajstić information content (AvgIpc) is 2.99. The van der Waals surface area contributed by atoms with E-state index in [1.165, 1.54) is 0 Å². The number of aromatic nitrogens is 3. The van der Waals surface area contributed by atoms with Crippen LogP contribution < -0.4 is 14.9 Å². The standard InChI is InChI=1S/C21H24Cl2N6O2S/c1-13-20(14(2)28(3)26-13)27-32(30,31)21-17(22)10-16(11-18(21)23)15-4-5-25-19(12-15)29-8-6-24-7-9-29/h4-5,10-12,24,27H,6-9H2,1-3H3/p+1. The minimum absolute atomic E-state index is 0.0464. The molecule has 2 aromatic heterocycles. The Morgan fingerprint density at radius 1 is 1.06 bits per heavy atom. The van der Waals surface area contributed by atoms with E-state index < -0.39 is 10.0 Å². The molecule has 1 saturated heterocycles. The highest BCUT2D eigenvalue weighted by atomic mass is 35.5. The summed E-state index contributed by atoms with van der Waals surface area (Å²) >= 11 is 12.9. The maximum absolute atomic E-state index is 13.1. The fraction of sp³-hybridized carbons (Fsp3) is 0.333. The second-order valence-corrected chi connectivity index (χ2v) is 10.2. The number of hydrogen-bond donors (Lipinski definition) is 2. The van der Waals surface area contributed by atoms with Crippen LogP contribution in [0.1, 0.15) is 11.4 Å². The summed E-state index contributed by atoms with van der Waals surface area (Å²) in [6.45, 7) is 7.42. The number of nitrogens with two attached hydrogens (primary N) is 1. The Morgan fingerprint density at radius 2 is 1.72 bits per heavy atom. The molecule has 3 N–H and O–H groups in total. The molecule has 1 aromatic carbocycles. The quantitative estimate of drug-likeness (QED) is 0.566. The van der Waals surface area contributed by atoms with Crippen LogP contribution >= 0.6 is 23.2 Å². The summed E-state index contributed by atoms with van der Waals surface area (Å²) in [6, 6.07) is 7.07. The maximum atomic E-state index is 13.1. The molecule has 0 amide bonds. The van der Waals surface area contributed by atoms with Gasteiger partial charge in [0, 0.05) is 13.2 Å². The zero-order valence-electron chi connectivity index (χ0n) is 18.1. The van der Waals surface area contributed by atoms with E-state index in [2.05, 4.69) is 25.0 Å². The summed E-state index contributed by atoms with van der Waals surface area (Å²) < 4.78 is 30.5. The van der Waals surface area contributed by atoms with Gasteiger partial charge < -0.3 is 10.2 Å². The fourth-order valence-corrected chi connectivity index (χ4v) is 6.23. The van der Waals surface area contributed by atoms with Gasteiger partial charge in [0.05, 0.1) is 53.3 Å². The lowest BCUT2D eigenvalue weighted by molar-refractivity contribution is -0.655. The first-order chi connectivity index (χ1) is 15.2. The number of anilines is 2. The van der Waals surface area contributed by atoms with Gasteiger partial charge in [0.2, 0.25) is 0 Å². The number of aryl methyl sites for hydroxylation is 2. The zero-order chi connectivity index (χ0) is 23.0. The lowest BCUT2D eigenvalue weighted by Crippen LogP contribution is -2.89. The summed E-state index contributed by atoms with van der Waals surface area (Å²) in [5, 5.41) is 6.62. The van der Waals surface area contributed by atoms with E-state index in [0.717, 1.165) is 43.1 Å². The molecule has 4 rings (SSSR count). The van der Waals surface area contributed by atoms with Gasteiger partial charge in [-0.15, -0.1) is 0 Å². The van der Waals surface area contributed by atoms with E-state index in [1.807, 2.05) is 12.1 Å². The van der Waals surface area contributed by atoms with Crippen LogP contribution in [0.3, 0.4) is 0 Å². The van der Waals surface area contributed by atoms with Crippen molar-refractivity contribution in [2.75, 3.05) is 35.8 Å². The van der Waals surface area contributed by atoms with Crippen LogP contribution in [0.15, 0.2) is 35.4 Å². The molecule has 0 radical (unpaired) electrons. The normalized spacial score (nSPS) is 14.6. The Bertz CT molecular complexity index is 1250. The SMILES string of the molecule is Cc1nn(C)c(C)c1NS(=O)(=O)c1c(Cl)cc(-c2ccnc(N3CC[NH2+]CC3)c2)cc1Cl. The molecule has 0 bridgehead atoms. The molecule has 8 nitrogen and oxygen atoms in total. The predicted molar refractivity (Wildman–Crippen MR) is 127 cm³/mol. The van der Waals surface area contributed by atoms with Crippen LogP contribution in [-0.4, -0.2) is 49.4 Å². The molecular weight excluding hydrogens is 471 g/mol. The Kier molecular flexibility index (Phi) is 6.35. The molecule has 0 unspecified atom stereocenters. The molecular formula is C21H25Cl2N6O2S+. The van der Waals surface area contributed by atoms with Crippen molar-refractivity contribution in [2.45, 2.75) is 18.7 Å². The summed E-state index contributed by atoms with van der Waals surface area (Å²) in [4.78, 5) is 6.56. The summed E-state index contributed by atoms with van der Waals surface area (Å²) in [5.74, 6) is 0.878. The Labute approximate surface area is 197 Å². The monoisotopic (exact) mass is 495 g/mol. The number of sulfonamides is 1. The molecule has 0 atom stereocenters. The van der Waals surface area contributed by atoms with E-state index in [9.17, 15) is 8.42 Å². The van der Waals surface area contributed by atoms with E-state index in [0.29, 0.717) is 17.1 Å². The predicted octanol–water partition coefficient (Wildman–Crippen LogP) is 2.59. The van der Waals surface area contributed by atoms with Gasteiger partial charge in [-0.05, 0) is 49.2 Å². The lowest BCUT2D eigenvalue weighted by Gasteiger charge is -2.26. The molecule has 11 heteroatoms. The minimum atomic E-state index is -4.02. The number of hydrogen-bond acceptors (Lipinski definition) is 5. The van der Waals surface area contributed by atoms with Gasteiger partial charge in [0.1, 0.15) is 10.7 Å². The third-order valence-corrected chi connectivity index (χ3v) is 7.89. The molecule has 3 aromatic rings. The van der Waals surface area contributed by atoms with Crippen LogP contribution in [0.5, 0.6) is 0 Å². The van der Waals surface area contributed by atoms with E-state index >= 15 is 0 Å². The molecule has 3 heterocycles. The van der Waals surface area contributed by atoms with Crippen molar-refractivity contribution in [3.8, 4) is 11.1 Å². The van der Waals surface area contributed by atoms with Crippen molar-refractivity contribution >= 4 is 44.7 Å². The first kappa shape index (κ1) is 22.8. The number of benzene rings is 1. The average molecular weight is 496 g/mol. The second-order valence-electron chi connectivity index (χ2n) is 7.80. The van der Waals surface area contributed by atoms with Gasteiger partial charge in [-0.2, -0.15) is 5.10 Å². The molecule has 1 aliphatic rings. The van der Waals surface area contributed by atoms with Crippen molar-refractivity contribution in [2.24, 2.45) is 7.05 Å². The minimum Gasteiger partial charge on any atom is -0.345 e. The van der Waals surface area contributed by atoms with Gasteiger partial charge in [-0.1, -0.05) is 23.2 Å². The number of piperazine rings is 1. The number of nitrogens with zero attached hydrogens (tertiary/aromatic N) is 4. The first-order valence-corrected chi connectivity index (χ1v) is 12.5. The lowest BCUT2D eigenvalue weighted by atomic mass is 10.1. The van der Waals surface area contributed by atoms with Crippen molar-refractivity contribution in [1.82, 2.24) is 14.8 Å². The van der Waals surface area contributed by atoms with Gasteiger partial charge in [-0.3, -0.25) is 9.40 Å². The number of nitrogens with one attached hydrogen (secondary N) is 1. The van der Waals surface area contributed by atoms with E-state index in [4.69, 9.17) is 23.2 Å². The number of pyridine rings is 1. The molecule has 170 valence electrons. The number of rotatable bonds is 5. The number of halogens is 2. The summed E-state index contributed by atoms with van der Waals surface area (Å²) in [7, 11) is -2.27. The number of quaternary nitrogens is 1. The van der Waals surface area contributed by atoms with Crippen molar-refractivity contribution in [3.63, 3.8) is 0 Å². The topological polar surface area (TPSA) is 96.7 Å². The Balaban J connectivity index is 1.68. The van der Waals surface area contributed by atoms with E-state index in [1.54, 1.807) is 43.9 Å².